The number of unbranched alkanes of at least 4 members (excludes halogenated alkanes) is 2. The summed E-state index contributed by atoms with van der Waals surface area (Å²) in [5, 5.41) is 5.18. The Kier molecular flexibility index (Phi) is 11.6. The van der Waals surface area contributed by atoms with Gasteiger partial charge in [-0.3, -0.25) is 20.2 Å². The van der Waals surface area contributed by atoms with Crippen molar-refractivity contribution in [1.82, 2.24) is 0 Å². The van der Waals surface area contributed by atoms with Crippen LogP contribution in [-0.4, -0.2) is 37.3 Å². The van der Waals surface area contributed by atoms with E-state index >= 15 is 0 Å². The average molecular weight is 487 g/mol. The third kappa shape index (κ3) is 11.1. The summed E-state index contributed by atoms with van der Waals surface area (Å²) in [7, 11) is 0. The van der Waals surface area contributed by atoms with E-state index in [1.165, 1.54) is 0 Å². The number of amides is 2. The van der Waals surface area contributed by atoms with Gasteiger partial charge in [-0.2, -0.15) is 0 Å². The van der Waals surface area contributed by atoms with E-state index in [1.807, 2.05) is 0 Å². The molecule has 10 heteroatoms. The van der Waals surface area contributed by atoms with Crippen molar-refractivity contribution in [2.45, 2.75) is 46.0 Å². The molecule has 0 bridgehead atoms. The normalized spacial score (nSPS) is 10.1. The third-order valence-corrected chi connectivity index (χ3v) is 4.50. The van der Waals surface area contributed by atoms with Gasteiger partial charge >= 0.3 is 24.1 Å². The highest BCUT2D eigenvalue weighted by atomic mass is 16.6. The Morgan fingerprint density at radius 1 is 0.600 bits per heavy atom. The molecule has 2 aromatic carbocycles. The van der Waals surface area contributed by atoms with Crippen molar-refractivity contribution in [2.75, 3.05) is 23.8 Å². The van der Waals surface area contributed by atoms with Crippen LogP contribution in [0.25, 0.3) is 0 Å². The predicted molar refractivity (Wildman–Crippen MR) is 129 cm³/mol. The van der Waals surface area contributed by atoms with Gasteiger partial charge in [0.15, 0.2) is 0 Å². The summed E-state index contributed by atoms with van der Waals surface area (Å²) in [6.07, 6.45) is 1.31. The molecule has 0 fully saturated rings. The lowest BCUT2D eigenvalue weighted by atomic mass is 10.2. The van der Waals surface area contributed by atoms with E-state index in [-0.39, 0.29) is 38.0 Å². The van der Waals surface area contributed by atoms with Crippen LogP contribution in [0.5, 0.6) is 11.5 Å². The van der Waals surface area contributed by atoms with Gasteiger partial charge in [0, 0.05) is 24.2 Å². The minimum Gasteiger partial charge on any atom is -0.449 e. The smallest absolute Gasteiger partial charge is 0.411 e. The van der Waals surface area contributed by atoms with Gasteiger partial charge in [0.2, 0.25) is 0 Å². The van der Waals surface area contributed by atoms with E-state index < -0.39 is 12.2 Å². The molecule has 2 aromatic rings. The van der Waals surface area contributed by atoms with Crippen LogP contribution in [-0.2, 0) is 19.1 Å². The maximum Gasteiger partial charge on any atom is 0.411 e. The molecule has 0 aliphatic rings. The van der Waals surface area contributed by atoms with Gasteiger partial charge in [-0.25, -0.2) is 9.59 Å². The first-order chi connectivity index (χ1) is 16.9. The highest BCUT2D eigenvalue weighted by Gasteiger charge is 2.07. The molecule has 35 heavy (non-hydrogen) atoms. The summed E-state index contributed by atoms with van der Waals surface area (Å²) >= 11 is 0. The van der Waals surface area contributed by atoms with Crippen LogP contribution < -0.4 is 20.1 Å². The van der Waals surface area contributed by atoms with Crippen LogP contribution in [0, 0.1) is 0 Å². The second-order valence-corrected chi connectivity index (χ2v) is 7.29. The van der Waals surface area contributed by atoms with E-state index in [0.29, 0.717) is 42.1 Å². The van der Waals surface area contributed by atoms with Crippen LogP contribution >= 0.6 is 0 Å². The topological polar surface area (TPSA) is 129 Å². The maximum absolute atomic E-state index is 11.8. The van der Waals surface area contributed by atoms with Crippen molar-refractivity contribution in [2.24, 2.45) is 0 Å². The van der Waals surface area contributed by atoms with Gasteiger partial charge in [0.1, 0.15) is 11.5 Å². The zero-order valence-electron chi connectivity index (χ0n) is 19.8. The van der Waals surface area contributed by atoms with Gasteiger partial charge in [-0.15, -0.1) is 0 Å². The van der Waals surface area contributed by atoms with Crippen LogP contribution in [0.2, 0.25) is 0 Å². The molecule has 0 unspecified atom stereocenters. The van der Waals surface area contributed by atoms with Gasteiger partial charge in [0.25, 0.3) is 0 Å². The van der Waals surface area contributed by atoms with E-state index in [4.69, 9.17) is 18.9 Å². The summed E-state index contributed by atoms with van der Waals surface area (Å²) in [5.74, 6) is 0.135. The van der Waals surface area contributed by atoms with E-state index in [9.17, 15) is 19.2 Å². The summed E-state index contributed by atoms with van der Waals surface area (Å²) in [6.45, 7) is 3.85. The van der Waals surface area contributed by atoms with Crippen molar-refractivity contribution >= 4 is 35.5 Å². The molecule has 0 saturated carbocycles. The van der Waals surface area contributed by atoms with Crippen LogP contribution in [0.15, 0.2) is 48.5 Å². The minimum atomic E-state index is -0.589. The Morgan fingerprint density at radius 3 is 1.31 bits per heavy atom. The Balaban J connectivity index is 1.53. The molecule has 0 radical (unpaired) electrons. The van der Waals surface area contributed by atoms with Crippen LogP contribution in [0.4, 0.5) is 21.0 Å². The quantitative estimate of drug-likeness (QED) is 0.235. The molecule has 0 atom stereocenters. The number of rotatable bonds is 12. The summed E-state index contributed by atoms with van der Waals surface area (Å²) in [4.78, 5) is 46.2. The minimum absolute atomic E-state index is 0.221. The first-order valence-electron chi connectivity index (χ1n) is 11.4. The van der Waals surface area contributed by atoms with Crippen molar-refractivity contribution < 1.29 is 38.1 Å². The summed E-state index contributed by atoms with van der Waals surface area (Å²) in [6, 6.07) is 12.8. The number of hydrogen-bond acceptors (Lipinski definition) is 8. The number of ether oxygens (including phenoxy) is 4. The first kappa shape index (κ1) is 27.2. The molecule has 2 rings (SSSR count). The molecule has 0 aliphatic heterocycles. The fraction of sp³-hybridized carbons (Fsp3) is 0.360. The predicted octanol–water partition coefficient (Wildman–Crippen LogP) is 5.28. The summed E-state index contributed by atoms with van der Waals surface area (Å²) < 4.78 is 20.4. The zero-order chi connectivity index (χ0) is 25.5. The van der Waals surface area contributed by atoms with Gasteiger partial charge in [-0.1, -0.05) is 13.8 Å². The molecule has 0 aliphatic carbocycles. The molecule has 10 nitrogen and oxygen atoms in total. The molecule has 2 N–H and O–H groups in total. The van der Waals surface area contributed by atoms with Crippen molar-refractivity contribution in [1.29, 1.82) is 0 Å². The first-order valence-corrected chi connectivity index (χ1v) is 11.4. The largest absolute Gasteiger partial charge is 0.449 e. The monoisotopic (exact) mass is 486 g/mol. The van der Waals surface area contributed by atoms with E-state index in [2.05, 4.69) is 10.6 Å². The SMILES string of the molecule is CCC(=O)Oc1ccc(NC(=O)OCCCCCOC(=O)Nc2ccc(OC(=O)CC)cc2)cc1. The Morgan fingerprint density at radius 2 is 0.971 bits per heavy atom. The van der Waals surface area contributed by atoms with Crippen LogP contribution in [0.1, 0.15) is 46.0 Å². The number of carbonyl (C=O) groups is 4. The van der Waals surface area contributed by atoms with Gasteiger partial charge in [-0.05, 0) is 67.8 Å². The lowest BCUT2D eigenvalue weighted by molar-refractivity contribution is -0.134. The second kappa shape index (κ2) is 14.9. The van der Waals surface area contributed by atoms with Gasteiger partial charge in [0.05, 0.1) is 13.2 Å². The van der Waals surface area contributed by atoms with E-state index in [1.54, 1.807) is 62.4 Å². The molecule has 188 valence electrons. The molecule has 0 saturated heterocycles. The van der Waals surface area contributed by atoms with Crippen molar-refractivity contribution in [3.8, 4) is 11.5 Å². The lowest BCUT2D eigenvalue weighted by Crippen LogP contribution is -2.15. The lowest BCUT2D eigenvalue weighted by Gasteiger charge is -2.09. The third-order valence-electron chi connectivity index (χ3n) is 4.50. The summed E-state index contributed by atoms with van der Waals surface area (Å²) in [5.41, 5.74) is 1.03. The number of esters is 2. The fourth-order valence-electron chi connectivity index (χ4n) is 2.64. The fourth-order valence-corrected chi connectivity index (χ4v) is 2.64. The Labute approximate surface area is 203 Å². The highest BCUT2D eigenvalue weighted by Crippen LogP contribution is 2.17. The molecule has 0 aromatic heterocycles. The molecular weight excluding hydrogens is 456 g/mol. The number of nitrogens with one attached hydrogen (secondary N) is 2. The second-order valence-electron chi connectivity index (χ2n) is 7.29. The van der Waals surface area contributed by atoms with Crippen molar-refractivity contribution in [3.63, 3.8) is 0 Å². The van der Waals surface area contributed by atoms with Gasteiger partial charge < -0.3 is 18.9 Å². The number of hydrogen-bond donors (Lipinski definition) is 2. The average Bonchev–Trinajstić information content (AvgIpc) is 2.85. The molecule has 0 heterocycles. The Hall–Kier alpha value is -4.08. The zero-order valence-corrected chi connectivity index (χ0v) is 19.8. The van der Waals surface area contributed by atoms with E-state index in [0.717, 1.165) is 0 Å². The number of anilines is 2. The molecular formula is C25H30N2O8. The highest BCUT2D eigenvalue weighted by molar-refractivity contribution is 5.85. The molecule has 0 spiro atoms. The van der Waals surface area contributed by atoms with Crippen molar-refractivity contribution in [3.05, 3.63) is 48.5 Å². The number of carbonyl (C=O) groups excluding carboxylic acids is 4. The molecule has 2 amide bonds. The standard InChI is InChI=1S/C25H30N2O8/c1-3-22(28)34-20-12-8-18(9-13-20)26-24(30)32-16-6-5-7-17-33-25(31)27-19-10-14-21(15-11-19)35-23(29)4-2/h8-15H,3-7,16-17H2,1-2H3,(H,26,30)(H,27,31). The number of benzene rings is 2. The maximum atomic E-state index is 11.8. The van der Waals surface area contributed by atoms with Crippen LogP contribution in [0.3, 0.4) is 0 Å². The Bertz CT molecular complexity index is 894.